The Balaban J connectivity index is 2.06. The summed E-state index contributed by atoms with van der Waals surface area (Å²) in [4.78, 5) is 0.406. The lowest BCUT2D eigenvalue weighted by atomic mass is 10.1. The summed E-state index contributed by atoms with van der Waals surface area (Å²) >= 11 is 1.80. The largest absolute Gasteiger partial charge is 0.243 e. The Morgan fingerprint density at radius 3 is 2.19 bits per heavy atom. The summed E-state index contributed by atoms with van der Waals surface area (Å²) in [6.45, 7) is 1.19. The van der Waals surface area contributed by atoms with Crippen molar-refractivity contribution in [2.75, 3.05) is 24.6 Å². The van der Waals surface area contributed by atoms with Gasteiger partial charge in [-0.3, -0.25) is 0 Å². The second-order valence-electron chi connectivity index (χ2n) is 4.88. The van der Waals surface area contributed by atoms with Gasteiger partial charge in [0.15, 0.2) is 0 Å². The molecule has 1 fully saturated rings. The molecule has 0 unspecified atom stereocenters. The standard InChI is InChI=1S/C16H17NO2S2/c18-21(19,17-10-12-20-13-11-17)16-9-5-4-8-15(16)14-6-2-1-3-7-14/h1-9H,10-13H2. The van der Waals surface area contributed by atoms with E-state index in [1.807, 2.05) is 42.5 Å². The van der Waals surface area contributed by atoms with Crippen LogP contribution in [0.4, 0.5) is 0 Å². The van der Waals surface area contributed by atoms with Gasteiger partial charge >= 0.3 is 0 Å². The highest BCUT2D eigenvalue weighted by molar-refractivity contribution is 7.99. The third-order valence-corrected chi connectivity index (χ3v) is 6.46. The molecular formula is C16H17NO2S2. The zero-order valence-electron chi connectivity index (χ0n) is 11.6. The molecule has 0 amide bonds. The Kier molecular flexibility index (Phi) is 4.33. The van der Waals surface area contributed by atoms with E-state index in [4.69, 9.17) is 0 Å². The third-order valence-electron chi connectivity index (χ3n) is 3.56. The Morgan fingerprint density at radius 1 is 0.857 bits per heavy atom. The minimum absolute atomic E-state index is 0.406. The van der Waals surface area contributed by atoms with Crippen LogP contribution in [-0.2, 0) is 10.0 Å². The van der Waals surface area contributed by atoms with E-state index in [0.29, 0.717) is 18.0 Å². The molecular weight excluding hydrogens is 302 g/mol. The molecule has 1 heterocycles. The molecule has 2 aromatic carbocycles. The highest BCUT2D eigenvalue weighted by atomic mass is 32.2. The van der Waals surface area contributed by atoms with Gasteiger partial charge in [0.1, 0.15) is 0 Å². The molecule has 0 N–H and O–H groups in total. The molecule has 0 bridgehead atoms. The first-order valence-corrected chi connectivity index (χ1v) is 9.51. The molecule has 1 saturated heterocycles. The minimum atomic E-state index is -3.42. The van der Waals surface area contributed by atoms with Crippen LogP contribution >= 0.6 is 11.8 Å². The van der Waals surface area contributed by atoms with Gasteiger partial charge in [-0.1, -0.05) is 48.5 Å². The maximum Gasteiger partial charge on any atom is 0.243 e. The Bertz CT molecular complexity index is 708. The van der Waals surface area contributed by atoms with Crippen LogP contribution < -0.4 is 0 Å². The Hall–Kier alpha value is -1.30. The number of sulfonamides is 1. The van der Waals surface area contributed by atoms with Crippen molar-refractivity contribution < 1.29 is 8.42 Å². The van der Waals surface area contributed by atoms with Crippen LogP contribution in [0.1, 0.15) is 0 Å². The van der Waals surface area contributed by atoms with Gasteiger partial charge in [-0.25, -0.2) is 8.42 Å². The van der Waals surface area contributed by atoms with E-state index in [9.17, 15) is 8.42 Å². The number of hydrogen-bond donors (Lipinski definition) is 0. The maximum absolute atomic E-state index is 12.9. The van der Waals surface area contributed by atoms with Crippen LogP contribution in [0.2, 0.25) is 0 Å². The highest BCUT2D eigenvalue weighted by Crippen LogP contribution is 2.30. The number of benzene rings is 2. The lowest BCUT2D eigenvalue weighted by Gasteiger charge is -2.26. The summed E-state index contributed by atoms with van der Waals surface area (Å²) in [5.74, 6) is 1.74. The quantitative estimate of drug-likeness (QED) is 0.872. The van der Waals surface area contributed by atoms with E-state index in [1.165, 1.54) is 0 Å². The molecule has 1 aliphatic rings. The molecule has 0 atom stereocenters. The summed E-state index contributed by atoms with van der Waals surface area (Å²) < 4.78 is 27.4. The van der Waals surface area contributed by atoms with Gasteiger partial charge in [0, 0.05) is 30.2 Å². The summed E-state index contributed by atoms with van der Waals surface area (Å²) in [7, 11) is -3.42. The Morgan fingerprint density at radius 2 is 1.48 bits per heavy atom. The van der Waals surface area contributed by atoms with E-state index in [2.05, 4.69) is 0 Å². The van der Waals surface area contributed by atoms with E-state index in [-0.39, 0.29) is 0 Å². The van der Waals surface area contributed by atoms with Crippen molar-refractivity contribution in [3.8, 4) is 11.1 Å². The average Bonchev–Trinajstić information content (AvgIpc) is 2.56. The molecule has 3 nitrogen and oxygen atoms in total. The van der Waals surface area contributed by atoms with Gasteiger partial charge < -0.3 is 0 Å². The van der Waals surface area contributed by atoms with E-state index in [0.717, 1.165) is 22.6 Å². The second kappa shape index (κ2) is 6.22. The van der Waals surface area contributed by atoms with Gasteiger partial charge in [-0.15, -0.1) is 0 Å². The SMILES string of the molecule is O=S(=O)(c1ccccc1-c1ccccc1)N1CCSCC1. The summed E-state index contributed by atoms with van der Waals surface area (Å²) in [5, 5.41) is 0. The lowest BCUT2D eigenvalue weighted by Crippen LogP contribution is -2.38. The number of hydrogen-bond acceptors (Lipinski definition) is 3. The van der Waals surface area contributed by atoms with Crippen molar-refractivity contribution in [3.63, 3.8) is 0 Å². The summed E-state index contributed by atoms with van der Waals surface area (Å²) in [5.41, 5.74) is 1.71. The van der Waals surface area contributed by atoms with Gasteiger partial charge in [-0.05, 0) is 11.6 Å². The normalized spacial score (nSPS) is 16.8. The molecule has 5 heteroatoms. The van der Waals surface area contributed by atoms with Crippen molar-refractivity contribution in [2.24, 2.45) is 0 Å². The smallest absolute Gasteiger partial charge is 0.207 e. The molecule has 110 valence electrons. The maximum atomic E-state index is 12.9. The molecule has 0 radical (unpaired) electrons. The molecule has 0 saturated carbocycles. The molecule has 1 aliphatic heterocycles. The lowest BCUT2D eigenvalue weighted by molar-refractivity contribution is 0.444. The number of rotatable bonds is 3. The van der Waals surface area contributed by atoms with Crippen LogP contribution in [0.3, 0.4) is 0 Å². The van der Waals surface area contributed by atoms with Crippen LogP contribution in [0.25, 0.3) is 11.1 Å². The van der Waals surface area contributed by atoms with E-state index in [1.54, 1.807) is 28.2 Å². The van der Waals surface area contributed by atoms with Crippen LogP contribution in [0.15, 0.2) is 59.5 Å². The highest BCUT2D eigenvalue weighted by Gasteiger charge is 2.28. The first kappa shape index (κ1) is 14.6. The minimum Gasteiger partial charge on any atom is -0.207 e. The van der Waals surface area contributed by atoms with E-state index < -0.39 is 10.0 Å². The predicted molar refractivity (Wildman–Crippen MR) is 88.0 cm³/mol. The van der Waals surface area contributed by atoms with Gasteiger partial charge in [0.25, 0.3) is 0 Å². The first-order chi connectivity index (χ1) is 10.2. The zero-order valence-corrected chi connectivity index (χ0v) is 13.2. The monoisotopic (exact) mass is 319 g/mol. The molecule has 0 aromatic heterocycles. The molecule has 2 aromatic rings. The van der Waals surface area contributed by atoms with Gasteiger partial charge in [-0.2, -0.15) is 16.1 Å². The van der Waals surface area contributed by atoms with Crippen LogP contribution in [-0.4, -0.2) is 37.3 Å². The molecule has 3 rings (SSSR count). The zero-order chi connectivity index (χ0) is 14.7. The predicted octanol–water partition coefficient (Wildman–Crippen LogP) is 3.09. The van der Waals surface area contributed by atoms with Gasteiger partial charge in [0.2, 0.25) is 10.0 Å². The topological polar surface area (TPSA) is 37.4 Å². The van der Waals surface area contributed by atoms with Gasteiger partial charge in [0.05, 0.1) is 4.90 Å². The fraction of sp³-hybridized carbons (Fsp3) is 0.250. The summed E-state index contributed by atoms with van der Waals surface area (Å²) in [6.07, 6.45) is 0. The number of nitrogens with zero attached hydrogens (tertiary/aromatic N) is 1. The third kappa shape index (κ3) is 3.00. The van der Waals surface area contributed by atoms with Crippen molar-refractivity contribution in [3.05, 3.63) is 54.6 Å². The molecule has 0 spiro atoms. The fourth-order valence-electron chi connectivity index (χ4n) is 2.47. The molecule has 21 heavy (non-hydrogen) atoms. The first-order valence-electron chi connectivity index (χ1n) is 6.92. The second-order valence-corrected chi connectivity index (χ2v) is 8.01. The summed E-state index contributed by atoms with van der Waals surface area (Å²) in [6, 6.07) is 16.9. The average molecular weight is 319 g/mol. The number of thioether (sulfide) groups is 1. The Labute approximate surface area is 130 Å². The molecule has 0 aliphatic carbocycles. The fourth-order valence-corrected chi connectivity index (χ4v) is 5.26. The van der Waals surface area contributed by atoms with Crippen molar-refractivity contribution in [2.45, 2.75) is 4.90 Å². The van der Waals surface area contributed by atoms with Crippen molar-refractivity contribution >= 4 is 21.8 Å². The van der Waals surface area contributed by atoms with Crippen LogP contribution in [0.5, 0.6) is 0 Å². The van der Waals surface area contributed by atoms with Crippen LogP contribution in [0, 0.1) is 0 Å². The van der Waals surface area contributed by atoms with Crippen molar-refractivity contribution in [1.82, 2.24) is 4.31 Å². The van der Waals surface area contributed by atoms with E-state index >= 15 is 0 Å². The van der Waals surface area contributed by atoms with Crippen molar-refractivity contribution in [1.29, 1.82) is 0 Å².